The van der Waals surface area contributed by atoms with Crippen molar-refractivity contribution in [3.05, 3.63) is 53.9 Å². The van der Waals surface area contributed by atoms with E-state index in [0.29, 0.717) is 45.3 Å². The van der Waals surface area contributed by atoms with E-state index in [0.717, 1.165) is 21.7 Å². The Morgan fingerprint density at radius 1 is 0.974 bits per heavy atom. The molecule has 2 aliphatic heterocycles. The Morgan fingerprint density at radius 2 is 1.79 bits per heavy atom. The number of hydrogen-bond acceptors (Lipinski definition) is 9. The number of amides is 4. The van der Waals surface area contributed by atoms with Crippen molar-refractivity contribution in [2.75, 3.05) is 44.9 Å². The molecule has 1 unspecified atom stereocenters. The zero-order valence-corrected chi connectivity index (χ0v) is 20.5. The first-order valence-corrected chi connectivity index (χ1v) is 12.3. The predicted octanol–water partition coefficient (Wildman–Crippen LogP) is 1.49. The largest absolute Gasteiger partial charge is 0.491 e. The van der Waals surface area contributed by atoms with Gasteiger partial charge in [0, 0.05) is 24.7 Å². The molecular formula is C26H27N5O7. The molecule has 1 atom stereocenters. The molecule has 0 radical (unpaired) electrons. The number of nitrogens with one attached hydrogen (secondary N) is 3. The van der Waals surface area contributed by atoms with Gasteiger partial charge in [0.25, 0.3) is 11.8 Å². The number of aromatic amines is 1. The molecule has 0 bridgehead atoms. The molecule has 12 nitrogen and oxygen atoms in total. The number of rotatable bonds is 12. The third kappa shape index (κ3) is 5.36. The molecule has 3 N–H and O–H groups in total. The summed E-state index contributed by atoms with van der Waals surface area (Å²) in [5.41, 5.74) is 2.73. The first-order chi connectivity index (χ1) is 18.5. The van der Waals surface area contributed by atoms with Gasteiger partial charge in [0.15, 0.2) is 0 Å². The van der Waals surface area contributed by atoms with Crippen LogP contribution >= 0.6 is 0 Å². The van der Waals surface area contributed by atoms with Gasteiger partial charge < -0.3 is 24.5 Å². The molecule has 1 saturated heterocycles. The average Bonchev–Trinajstić information content (AvgIpc) is 3.48. The second-order valence-electron chi connectivity index (χ2n) is 8.76. The van der Waals surface area contributed by atoms with E-state index in [1.165, 1.54) is 0 Å². The number of carbonyl (C=O) groups excluding carboxylic acids is 4. The highest BCUT2D eigenvalue weighted by Crippen LogP contribution is 2.32. The number of anilines is 1. The predicted molar refractivity (Wildman–Crippen MR) is 135 cm³/mol. The van der Waals surface area contributed by atoms with Crippen LogP contribution in [0.1, 0.15) is 33.6 Å². The Balaban J connectivity index is 1.01. The Labute approximate surface area is 217 Å². The van der Waals surface area contributed by atoms with Crippen LogP contribution in [0.3, 0.4) is 0 Å². The van der Waals surface area contributed by atoms with Gasteiger partial charge in [0.2, 0.25) is 11.8 Å². The highest BCUT2D eigenvalue weighted by atomic mass is 16.5. The summed E-state index contributed by atoms with van der Waals surface area (Å²) in [5, 5.41) is 5.32. The summed E-state index contributed by atoms with van der Waals surface area (Å²) in [5.74, 6) is -1.40. The van der Waals surface area contributed by atoms with Crippen molar-refractivity contribution in [3.8, 4) is 5.75 Å². The molecule has 3 aromatic rings. The summed E-state index contributed by atoms with van der Waals surface area (Å²) in [4.78, 5) is 57.8. The first-order valence-electron chi connectivity index (χ1n) is 12.3. The van der Waals surface area contributed by atoms with Crippen LogP contribution in [0.15, 0.2) is 42.7 Å². The van der Waals surface area contributed by atoms with E-state index >= 15 is 0 Å². The van der Waals surface area contributed by atoms with E-state index in [1.807, 2.05) is 18.2 Å². The van der Waals surface area contributed by atoms with Crippen molar-refractivity contribution in [2.45, 2.75) is 18.9 Å². The van der Waals surface area contributed by atoms with E-state index < -0.39 is 29.7 Å². The molecule has 5 rings (SSSR count). The van der Waals surface area contributed by atoms with Crippen molar-refractivity contribution in [3.63, 3.8) is 0 Å². The molecule has 4 amide bonds. The van der Waals surface area contributed by atoms with Gasteiger partial charge in [-0.15, -0.1) is 0 Å². The van der Waals surface area contributed by atoms with Crippen molar-refractivity contribution in [1.29, 1.82) is 0 Å². The smallest absolute Gasteiger partial charge is 0.264 e. The standard InChI is InChI=1S/C26H27N5O7/c32-22-7-6-21(24(33)30-22)31-25(34)17-2-1-3-19(23(17)26(31)35)27-8-9-36-10-11-37-12-13-38-16-4-5-18-20(14-16)29-15-28-18/h1-5,14-15,21,27H,6-13H2,(H,28,29)(H,30,32,33). The summed E-state index contributed by atoms with van der Waals surface area (Å²) in [6.45, 7) is 2.36. The Bertz CT molecular complexity index is 1370. The molecule has 1 aromatic heterocycles. The fourth-order valence-electron chi connectivity index (χ4n) is 4.47. The summed E-state index contributed by atoms with van der Waals surface area (Å²) >= 11 is 0. The summed E-state index contributed by atoms with van der Waals surface area (Å²) in [6.07, 6.45) is 1.82. The number of H-pyrrole nitrogens is 1. The van der Waals surface area contributed by atoms with E-state index in [9.17, 15) is 19.2 Å². The third-order valence-electron chi connectivity index (χ3n) is 6.29. The maximum absolute atomic E-state index is 13.1. The van der Waals surface area contributed by atoms with Gasteiger partial charge in [0.05, 0.1) is 54.9 Å². The van der Waals surface area contributed by atoms with E-state index in [4.69, 9.17) is 14.2 Å². The lowest BCUT2D eigenvalue weighted by Gasteiger charge is -2.27. The highest BCUT2D eigenvalue weighted by molar-refractivity contribution is 6.25. The summed E-state index contributed by atoms with van der Waals surface area (Å²) < 4.78 is 16.8. The van der Waals surface area contributed by atoms with Crippen LogP contribution in [-0.2, 0) is 19.1 Å². The first kappa shape index (κ1) is 25.4. The number of ether oxygens (including phenoxy) is 3. The lowest BCUT2D eigenvalue weighted by molar-refractivity contribution is -0.136. The van der Waals surface area contributed by atoms with Gasteiger partial charge in [-0.05, 0) is 30.7 Å². The molecule has 2 aromatic carbocycles. The Morgan fingerprint density at radius 3 is 2.63 bits per heavy atom. The maximum atomic E-state index is 13.1. The van der Waals surface area contributed by atoms with Crippen LogP contribution in [0.25, 0.3) is 11.0 Å². The highest BCUT2D eigenvalue weighted by Gasteiger charge is 2.45. The Kier molecular flexibility index (Phi) is 7.61. The van der Waals surface area contributed by atoms with Crippen molar-refractivity contribution in [1.82, 2.24) is 20.2 Å². The lowest BCUT2D eigenvalue weighted by Crippen LogP contribution is -2.54. The van der Waals surface area contributed by atoms with E-state index in [2.05, 4.69) is 20.6 Å². The maximum Gasteiger partial charge on any atom is 0.264 e. The molecule has 1 fully saturated rings. The topological polar surface area (TPSA) is 152 Å². The van der Waals surface area contributed by atoms with Crippen LogP contribution in [0.2, 0.25) is 0 Å². The normalized spacial score (nSPS) is 17.2. The number of benzene rings is 2. The molecule has 0 saturated carbocycles. The molecule has 2 aliphatic rings. The number of aromatic nitrogens is 2. The molecule has 0 spiro atoms. The lowest BCUT2D eigenvalue weighted by atomic mass is 10.0. The minimum atomic E-state index is -0.998. The molecule has 3 heterocycles. The number of piperidine rings is 1. The minimum Gasteiger partial charge on any atom is -0.491 e. The quantitative estimate of drug-likeness (QED) is 0.238. The van der Waals surface area contributed by atoms with Crippen LogP contribution in [0.4, 0.5) is 5.69 Å². The Hall–Kier alpha value is -4.29. The fraction of sp³-hybridized carbons (Fsp3) is 0.346. The van der Waals surface area contributed by atoms with Crippen molar-refractivity contribution >= 4 is 40.3 Å². The van der Waals surface area contributed by atoms with Crippen molar-refractivity contribution in [2.24, 2.45) is 0 Å². The number of nitrogens with zero attached hydrogens (tertiary/aromatic N) is 2. The van der Waals surface area contributed by atoms with Gasteiger partial charge in [0.1, 0.15) is 18.4 Å². The van der Waals surface area contributed by atoms with Crippen LogP contribution in [0, 0.1) is 0 Å². The zero-order valence-electron chi connectivity index (χ0n) is 20.5. The minimum absolute atomic E-state index is 0.0746. The third-order valence-corrected chi connectivity index (χ3v) is 6.29. The van der Waals surface area contributed by atoms with Gasteiger partial charge in [-0.1, -0.05) is 6.07 Å². The van der Waals surface area contributed by atoms with Gasteiger partial charge in [-0.3, -0.25) is 29.4 Å². The number of carbonyl (C=O) groups is 4. The van der Waals surface area contributed by atoms with Gasteiger partial charge in [-0.25, -0.2) is 4.98 Å². The molecular weight excluding hydrogens is 494 g/mol. The number of imidazole rings is 1. The van der Waals surface area contributed by atoms with E-state index in [-0.39, 0.29) is 24.0 Å². The molecule has 38 heavy (non-hydrogen) atoms. The number of fused-ring (bicyclic) bond motifs is 2. The molecule has 198 valence electrons. The van der Waals surface area contributed by atoms with Crippen molar-refractivity contribution < 1.29 is 33.4 Å². The van der Waals surface area contributed by atoms with Crippen LogP contribution in [0.5, 0.6) is 5.75 Å². The second kappa shape index (κ2) is 11.4. The fourth-order valence-corrected chi connectivity index (χ4v) is 4.47. The summed E-state index contributed by atoms with van der Waals surface area (Å²) in [7, 11) is 0. The van der Waals surface area contributed by atoms with E-state index in [1.54, 1.807) is 24.5 Å². The molecule has 12 heteroatoms. The van der Waals surface area contributed by atoms with Gasteiger partial charge in [-0.2, -0.15) is 0 Å². The SMILES string of the molecule is O=C1CCC(N2C(=O)c3cccc(NCCOCCOCCOc4ccc5nc[nH]c5c4)c3C2=O)C(=O)N1. The van der Waals surface area contributed by atoms with Gasteiger partial charge >= 0.3 is 0 Å². The number of hydrogen-bond donors (Lipinski definition) is 3. The average molecular weight is 522 g/mol. The second-order valence-corrected chi connectivity index (χ2v) is 8.76. The van der Waals surface area contributed by atoms with Crippen LogP contribution < -0.4 is 15.4 Å². The van der Waals surface area contributed by atoms with Crippen LogP contribution in [-0.4, -0.2) is 84.1 Å². The number of imide groups is 2. The molecule has 0 aliphatic carbocycles. The zero-order chi connectivity index (χ0) is 26.5. The monoisotopic (exact) mass is 521 g/mol. The summed E-state index contributed by atoms with van der Waals surface area (Å²) in [6, 6.07) is 9.56.